The van der Waals surface area contributed by atoms with Crippen molar-refractivity contribution < 1.29 is 70.7 Å². The summed E-state index contributed by atoms with van der Waals surface area (Å²) in [6.45, 7) is -0.0849. The van der Waals surface area contributed by atoms with Gasteiger partial charge < -0.3 is 0 Å². The molecular weight excluding hydrogens is 422 g/mol. The maximum atomic E-state index is 13.5. The molecule has 25 heavy (non-hydrogen) atoms. The average Bonchev–Trinajstić information content (AvgIpc) is 2.35. The Morgan fingerprint density at radius 2 is 1.08 bits per heavy atom. The van der Waals surface area contributed by atoms with E-state index >= 15 is 0 Å². The topological polar surface area (TPSA) is 35.5 Å². The molecule has 0 spiro atoms. The molecule has 0 fully saturated rings. The fourth-order valence-electron chi connectivity index (χ4n) is 1.10. The van der Waals surface area contributed by atoms with E-state index in [0.717, 1.165) is 6.92 Å². The third-order valence-electron chi connectivity index (χ3n) is 2.35. The number of hydrogen-bond acceptors (Lipinski definition) is 3. The van der Waals surface area contributed by atoms with Gasteiger partial charge in [0, 0.05) is 4.57 Å². The van der Waals surface area contributed by atoms with Crippen molar-refractivity contribution in [1.29, 1.82) is 0 Å². The van der Waals surface area contributed by atoms with Gasteiger partial charge in [-0.25, -0.2) is 0 Å². The van der Waals surface area contributed by atoms with Gasteiger partial charge in [0.15, 0.2) is 0 Å². The molecule has 0 amide bonds. The lowest BCUT2D eigenvalue weighted by Crippen LogP contribution is -2.71. The van der Waals surface area contributed by atoms with Crippen LogP contribution in [0.4, 0.5) is 57.1 Å². The minimum absolute atomic E-state index is 0.828. The SMILES string of the molecule is CCO[P+](=O)OC(F)(C(F)(F)F)C(F)(F)C(F)(F)C(F)(F)C(F)(F)F. The summed E-state index contributed by atoms with van der Waals surface area (Å²) >= 11 is 0. The molecule has 0 aliphatic carbocycles. The summed E-state index contributed by atoms with van der Waals surface area (Å²) in [4.78, 5) is 0. The predicted molar refractivity (Wildman–Crippen MR) is 51.1 cm³/mol. The second-order valence-electron chi connectivity index (χ2n) is 4.05. The van der Waals surface area contributed by atoms with Crippen LogP contribution in [0.15, 0.2) is 0 Å². The Hall–Kier alpha value is -0.890. The minimum Gasteiger partial charge on any atom is -0.192 e. The van der Waals surface area contributed by atoms with Crippen LogP contribution in [0.2, 0.25) is 0 Å². The van der Waals surface area contributed by atoms with Gasteiger partial charge in [-0.3, -0.25) is 0 Å². The summed E-state index contributed by atoms with van der Waals surface area (Å²) < 4.78 is 180. The smallest absolute Gasteiger partial charge is 0.192 e. The van der Waals surface area contributed by atoms with Gasteiger partial charge >= 0.3 is 44.2 Å². The van der Waals surface area contributed by atoms with E-state index in [9.17, 15) is 61.6 Å². The van der Waals surface area contributed by atoms with Crippen LogP contribution in [0, 0.1) is 0 Å². The summed E-state index contributed by atoms with van der Waals surface area (Å²) in [5, 5.41) is 0. The van der Waals surface area contributed by atoms with Crippen molar-refractivity contribution >= 4 is 8.25 Å². The van der Waals surface area contributed by atoms with Crippen molar-refractivity contribution in [2.45, 2.75) is 42.9 Å². The van der Waals surface area contributed by atoms with E-state index < -0.39 is 50.8 Å². The lowest BCUT2D eigenvalue weighted by atomic mass is 9.97. The van der Waals surface area contributed by atoms with Crippen molar-refractivity contribution in [2.75, 3.05) is 6.61 Å². The molecule has 3 nitrogen and oxygen atoms in total. The molecule has 0 aliphatic rings. The monoisotopic (exact) mass is 427 g/mol. The van der Waals surface area contributed by atoms with E-state index in [1.165, 1.54) is 0 Å². The quantitative estimate of drug-likeness (QED) is 0.404. The summed E-state index contributed by atoms with van der Waals surface area (Å²) in [5.41, 5.74) is 0. The first-order valence-electron chi connectivity index (χ1n) is 5.45. The normalized spacial score (nSPS) is 18.1. The molecule has 2 unspecified atom stereocenters. The largest absolute Gasteiger partial charge is 0.701 e. The van der Waals surface area contributed by atoms with Gasteiger partial charge in [0.05, 0.1) is 0 Å². The number of halogens is 13. The molecule has 0 rings (SSSR count). The summed E-state index contributed by atoms with van der Waals surface area (Å²) in [7, 11) is -4.59. The van der Waals surface area contributed by atoms with E-state index in [0.29, 0.717) is 0 Å². The van der Waals surface area contributed by atoms with Gasteiger partial charge in [0.2, 0.25) is 0 Å². The average molecular weight is 427 g/mol. The van der Waals surface area contributed by atoms with Crippen molar-refractivity contribution in [1.82, 2.24) is 0 Å². The first-order valence-corrected chi connectivity index (χ1v) is 6.55. The Bertz CT molecular complexity index is 498. The molecule has 0 N–H and O–H groups in total. The maximum Gasteiger partial charge on any atom is 0.701 e. The highest BCUT2D eigenvalue weighted by molar-refractivity contribution is 7.33. The predicted octanol–water partition coefficient (Wildman–Crippen LogP) is 5.39. The zero-order valence-electron chi connectivity index (χ0n) is 11.3. The van der Waals surface area contributed by atoms with Crippen molar-refractivity contribution in [3.63, 3.8) is 0 Å². The van der Waals surface area contributed by atoms with E-state index in [1.54, 1.807) is 0 Å². The molecule has 0 bridgehead atoms. The first kappa shape index (κ1) is 24.1. The maximum absolute atomic E-state index is 13.5. The second-order valence-corrected chi connectivity index (χ2v) is 4.93. The van der Waals surface area contributed by atoms with Crippen LogP contribution in [0.5, 0.6) is 0 Å². The number of rotatable bonds is 7. The Morgan fingerprint density at radius 3 is 1.36 bits per heavy atom. The van der Waals surface area contributed by atoms with Crippen LogP contribution < -0.4 is 0 Å². The molecule has 0 heterocycles. The van der Waals surface area contributed by atoms with E-state index in [2.05, 4.69) is 9.05 Å². The molecule has 2 atom stereocenters. The highest BCUT2D eigenvalue weighted by Gasteiger charge is 2.93. The number of alkyl halides is 13. The Morgan fingerprint density at radius 1 is 0.680 bits per heavy atom. The summed E-state index contributed by atoms with van der Waals surface area (Å²) in [5.74, 6) is -30.9. The van der Waals surface area contributed by atoms with E-state index in [1.807, 2.05) is 0 Å². The van der Waals surface area contributed by atoms with Crippen LogP contribution in [0.3, 0.4) is 0 Å². The molecule has 0 saturated carbocycles. The van der Waals surface area contributed by atoms with Crippen LogP contribution >= 0.6 is 8.25 Å². The van der Waals surface area contributed by atoms with E-state index in [-0.39, 0.29) is 0 Å². The highest BCUT2D eigenvalue weighted by atomic mass is 31.1. The Kier molecular flexibility index (Phi) is 6.45. The van der Waals surface area contributed by atoms with Crippen LogP contribution in [0.25, 0.3) is 0 Å². The van der Waals surface area contributed by atoms with Crippen molar-refractivity contribution in [3.8, 4) is 0 Å². The van der Waals surface area contributed by atoms with Crippen molar-refractivity contribution in [3.05, 3.63) is 0 Å². The van der Waals surface area contributed by atoms with Gasteiger partial charge in [0.1, 0.15) is 6.61 Å². The van der Waals surface area contributed by atoms with Gasteiger partial charge in [-0.15, -0.1) is 4.52 Å². The third-order valence-corrected chi connectivity index (χ3v) is 3.22. The Labute approximate surface area is 130 Å². The first-order chi connectivity index (χ1) is 10.7. The van der Waals surface area contributed by atoms with Gasteiger partial charge in [-0.1, -0.05) is 4.52 Å². The van der Waals surface area contributed by atoms with Gasteiger partial charge in [-0.2, -0.15) is 57.1 Å². The highest BCUT2D eigenvalue weighted by Crippen LogP contribution is 2.61. The van der Waals surface area contributed by atoms with Gasteiger partial charge in [0.25, 0.3) is 0 Å². The van der Waals surface area contributed by atoms with Crippen LogP contribution in [0.1, 0.15) is 6.92 Å². The fraction of sp³-hybridized carbons (Fsp3) is 1.00. The lowest BCUT2D eigenvalue weighted by Gasteiger charge is -2.38. The minimum atomic E-state index is -8.00. The summed E-state index contributed by atoms with van der Waals surface area (Å²) in [6, 6.07) is 0. The summed E-state index contributed by atoms with van der Waals surface area (Å²) in [6.07, 6.45) is -14.8. The molecule has 0 aromatic carbocycles. The van der Waals surface area contributed by atoms with Crippen molar-refractivity contribution in [2.24, 2.45) is 0 Å². The molecule has 0 saturated heterocycles. The second kappa shape index (κ2) is 6.68. The van der Waals surface area contributed by atoms with E-state index in [4.69, 9.17) is 0 Å². The lowest BCUT2D eigenvalue weighted by molar-refractivity contribution is -0.460. The van der Waals surface area contributed by atoms with Gasteiger partial charge in [-0.05, 0) is 6.92 Å². The van der Waals surface area contributed by atoms with Crippen LogP contribution in [-0.2, 0) is 13.6 Å². The third kappa shape index (κ3) is 3.79. The molecular formula is C8H5F13O3P+. The molecule has 150 valence electrons. The number of hydrogen-bond donors (Lipinski definition) is 0. The zero-order chi connectivity index (χ0) is 20.7. The molecule has 0 aliphatic heterocycles. The molecule has 0 radical (unpaired) electrons. The molecule has 0 aromatic rings. The fourth-order valence-corrected chi connectivity index (χ4v) is 1.79. The standard InChI is InChI=1S/C8H5F13O3P/c1-2-23-25(22)24-6(15,8(19,20)21)4(11,12)3(9,10)5(13,14)7(16,17)18/h2H2,1H3/q+1. The molecule has 0 aromatic heterocycles. The zero-order valence-corrected chi connectivity index (χ0v) is 12.2. The van der Waals surface area contributed by atoms with Crippen LogP contribution in [-0.4, -0.2) is 42.6 Å². The Balaban J connectivity index is 6.39. The molecule has 17 heteroatoms.